The van der Waals surface area contributed by atoms with Gasteiger partial charge in [0.1, 0.15) is 17.9 Å². The van der Waals surface area contributed by atoms with E-state index in [1.165, 1.54) is 20.5 Å². The second-order valence-electron chi connectivity index (χ2n) is 5.65. The first-order valence-electron chi connectivity index (χ1n) is 8.54. The highest BCUT2D eigenvalue weighted by Crippen LogP contribution is 2.24. The number of esters is 1. The first-order valence-corrected chi connectivity index (χ1v) is 8.54. The molecule has 0 aliphatic heterocycles. The maximum absolute atomic E-state index is 12.1. The van der Waals surface area contributed by atoms with Crippen LogP contribution in [0.25, 0.3) is 5.57 Å². The summed E-state index contributed by atoms with van der Waals surface area (Å²) in [7, 11) is 4.50. The fourth-order valence-electron chi connectivity index (χ4n) is 2.51. The predicted molar refractivity (Wildman–Crippen MR) is 105 cm³/mol. The highest BCUT2D eigenvalue weighted by atomic mass is 16.5. The van der Waals surface area contributed by atoms with Gasteiger partial charge in [-0.25, -0.2) is 4.79 Å². The zero-order valence-corrected chi connectivity index (χ0v) is 15.9. The van der Waals surface area contributed by atoms with Crippen molar-refractivity contribution in [1.82, 2.24) is 0 Å². The van der Waals surface area contributed by atoms with Crippen LogP contribution in [0.4, 0.5) is 5.69 Å². The van der Waals surface area contributed by atoms with Crippen LogP contribution in [-0.4, -0.2) is 40.5 Å². The van der Waals surface area contributed by atoms with Crippen LogP contribution in [0.15, 0.2) is 54.8 Å². The highest BCUT2D eigenvalue weighted by molar-refractivity contribution is 6.16. The lowest BCUT2D eigenvalue weighted by atomic mass is 10.0. The van der Waals surface area contributed by atoms with Gasteiger partial charge < -0.3 is 24.3 Å². The standard InChI is InChI=1S/C21H25NO5/c1-24-12-11-22-17-8-6-9-18(13-17)27-14-16-7-4-5-10-19(16)20(15-25-2)21(23)26-3/h4-10,13,15,22H,11-12,14H2,1-3H3/b20-15+. The summed E-state index contributed by atoms with van der Waals surface area (Å²) in [6.45, 7) is 1.64. The van der Waals surface area contributed by atoms with E-state index in [9.17, 15) is 4.79 Å². The second kappa shape index (κ2) is 10.9. The molecule has 0 radical (unpaired) electrons. The summed E-state index contributed by atoms with van der Waals surface area (Å²) < 4.78 is 20.9. The average Bonchev–Trinajstić information content (AvgIpc) is 2.71. The third-order valence-corrected chi connectivity index (χ3v) is 3.81. The van der Waals surface area contributed by atoms with Crippen molar-refractivity contribution in [3.05, 3.63) is 65.9 Å². The zero-order chi connectivity index (χ0) is 19.5. The van der Waals surface area contributed by atoms with E-state index in [2.05, 4.69) is 5.32 Å². The van der Waals surface area contributed by atoms with Crippen LogP contribution in [0.1, 0.15) is 11.1 Å². The molecule has 27 heavy (non-hydrogen) atoms. The van der Waals surface area contributed by atoms with E-state index >= 15 is 0 Å². The van der Waals surface area contributed by atoms with Gasteiger partial charge >= 0.3 is 5.97 Å². The molecule has 0 unspecified atom stereocenters. The Morgan fingerprint density at radius 1 is 1.07 bits per heavy atom. The van der Waals surface area contributed by atoms with Gasteiger partial charge in [-0.05, 0) is 23.3 Å². The molecular weight excluding hydrogens is 346 g/mol. The summed E-state index contributed by atoms with van der Waals surface area (Å²) in [5.74, 6) is 0.260. The molecule has 2 rings (SSSR count). The Labute approximate surface area is 159 Å². The van der Waals surface area contributed by atoms with Gasteiger partial charge in [0.15, 0.2) is 0 Å². The minimum atomic E-state index is -0.464. The van der Waals surface area contributed by atoms with Crippen LogP contribution in [0.5, 0.6) is 5.75 Å². The number of anilines is 1. The Bertz CT molecular complexity index is 773. The van der Waals surface area contributed by atoms with Crippen molar-refractivity contribution in [1.29, 1.82) is 0 Å². The van der Waals surface area contributed by atoms with Gasteiger partial charge in [0, 0.05) is 25.4 Å². The molecule has 0 saturated carbocycles. The number of hydrogen-bond acceptors (Lipinski definition) is 6. The Balaban J connectivity index is 2.14. The Morgan fingerprint density at radius 3 is 2.63 bits per heavy atom. The van der Waals surface area contributed by atoms with Crippen molar-refractivity contribution < 1.29 is 23.7 Å². The lowest BCUT2D eigenvalue weighted by Gasteiger charge is -2.13. The molecule has 6 nitrogen and oxygen atoms in total. The van der Waals surface area contributed by atoms with Crippen molar-refractivity contribution in [3.63, 3.8) is 0 Å². The summed E-state index contributed by atoms with van der Waals surface area (Å²) in [6.07, 6.45) is 1.38. The number of rotatable bonds is 10. The Kier molecular flexibility index (Phi) is 8.19. The van der Waals surface area contributed by atoms with E-state index in [0.717, 1.165) is 17.0 Å². The monoisotopic (exact) mass is 371 g/mol. The van der Waals surface area contributed by atoms with E-state index in [4.69, 9.17) is 18.9 Å². The summed E-state index contributed by atoms with van der Waals surface area (Å²) in [4.78, 5) is 12.1. The van der Waals surface area contributed by atoms with E-state index in [1.54, 1.807) is 7.11 Å². The normalized spacial score (nSPS) is 11.0. The molecule has 0 heterocycles. The van der Waals surface area contributed by atoms with Gasteiger partial charge in [0.25, 0.3) is 0 Å². The molecule has 0 spiro atoms. The number of benzene rings is 2. The number of carbonyl (C=O) groups excluding carboxylic acids is 1. The maximum Gasteiger partial charge on any atom is 0.341 e. The lowest BCUT2D eigenvalue weighted by molar-refractivity contribution is -0.133. The van der Waals surface area contributed by atoms with Crippen LogP contribution in [-0.2, 0) is 25.6 Å². The zero-order valence-electron chi connectivity index (χ0n) is 15.9. The van der Waals surface area contributed by atoms with Gasteiger partial charge in [0.05, 0.1) is 27.1 Å². The van der Waals surface area contributed by atoms with Crippen molar-refractivity contribution in [2.75, 3.05) is 39.8 Å². The molecule has 0 aliphatic rings. The average molecular weight is 371 g/mol. The van der Waals surface area contributed by atoms with Crippen LogP contribution >= 0.6 is 0 Å². The van der Waals surface area contributed by atoms with Crippen molar-refractivity contribution in [3.8, 4) is 5.75 Å². The summed E-state index contributed by atoms with van der Waals surface area (Å²) in [6, 6.07) is 15.2. The molecule has 144 valence electrons. The lowest BCUT2D eigenvalue weighted by Crippen LogP contribution is -2.09. The Morgan fingerprint density at radius 2 is 1.89 bits per heavy atom. The molecule has 2 aromatic carbocycles. The third-order valence-electron chi connectivity index (χ3n) is 3.81. The first-order chi connectivity index (χ1) is 13.2. The largest absolute Gasteiger partial charge is 0.503 e. The summed E-state index contributed by atoms with van der Waals surface area (Å²) >= 11 is 0. The van der Waals surface area contributed by atoms with Gasteiger partial charge in [-0.15, -0.1) is 0 Å². The number of methoxy groups -OCH3 is 3. The van der Waals surface area contributed by atoms with Gasteiger partial charge in [-0.2, -0.15) is 0 Å². The van der Waals surface area contributed by atoms with Crippen molar-refractivity contribution in [2.45, 2.75) is 6.61 Å². The molecule has 0 amide bonds. The number of nitrogens with one attached hydrogen (secondary N) is 1. The van der Waals surface area contributed by atoms with Crippen LogP contribution in [0.3, 0.4) is 0 Å². The SMILES string of the molecule is CO/C=C(/C(=O)OC)c1ccccc1COc1cccc(NCCOC)c1. The topological polar surface area (TPSA) is 66.0 Å². The van der Waals surface area contributed by atoms with E-state index < -0.39 is 5.97 Å². The van der Waals surface area contributed by atoms with Crippen LogP contribution in [0, 0.1) is 0 Å². The van der Waals surface area contributed by atoms with Crippen LogP contribution < -0.4 is 10.1 Å². The molecular formula is C21H25NO5. The highest BCUT2D eigenvalue weighted by Gasteiger charge is 2.16. The number of hydrogen-bond donors (Lipinski definition) is 1. The van der Waals surface area contributed by atoms with Gasteiger partial charge in [0.2, 0.25) is 0 Å². The Hall–Kier alpha value is -2.99. The van der Waals surface area contributed by atoms with Crippen molar-refractivity contribution in [2.24, 2.45) is 0 Å². The minimum absolute atomic E-state index is 0.301. The summed E-state index contributed by atoms with van der Waals surface area (Å²) in [5, 5.41) is 3.26. The fourth-order valence-corrected chi connectivity index (χ4v) is 2.51. The van der Waals surface area contributed by atoms with E-state index in [0.29, 0.717) is 30.9 Å². The van der Waals surface area contributed by atoms with Gasteiger partial charge in [-0.3, -0.25) is 0 Å². The molecule has 1 N–H and O–H groups in total. The molecule has 0 bridgehead atoms. The predicted octanol–water partition coefficient (Wildman–Crippen LogP) is 3.48. The van der Waals surface area contributed by atoms with Crippen molar-refractivity contribution >= 4 is 17.2 Å². The number of carbonyl (C=O) groups is 1. The fraction of sp³-hybridized carbons (Fsp3) is 0.286. The molecule has 0 atom stereocenters. The molecule has 0 fully saturated rings. The molecule has 6 heteroatoms. The molecule has 0 aliphatic carbocycles. The number of ether oxygens (including phenoxy) is 4. The van der Waals surface area contributed by atoms with E-state index in [1.807, 2.05) is 48.5 Å². The smallest absolute Gasteiger partial charge is 0.341 e. The molecule has 2 aromatic rings. The quantitative estimate of drug-likeness (QED) is 0.299. The molecule has 0 aromatic heterocycles. The molecule has 0 saturated heterocycles. The van der Waals surface area contributed by atoms with Gasteiger partial charge in [-0.1, -0.05) is 30.3 Å². The maximum atomic E-state index is 12.1. The third kappa shape index (κ3) is 6.04. The second-order valence-corrected chi connectivity index (χ2v) is 5.65. The first kappa shape index (κ1) is 20.3. The van der Waals surface area contributed by atoms with Crippen LogP contribution in [0.2, 0.25) is 0 Å². The minimum Gasteiger partial charge on any atom is -0.503 e. The van der Waals surface area contributed by atoms with E-state index in [-0.39, 0.29) is 0 Å². The summed E-state index contributed by atoms with van der Waals surface area (Å²) in [5.41, 5.74) is 2.85.